The topological polar surface area (TPSA) is 59.4 Å². The zero-order valence-corrected chi connectivity index (χ0v) is 13.1. The van der Waals surface area contributed by atoms with Crippen LogP contribution < -0.4 is 0 Å². The van der Waals surface area contributed by atoms with Crippen LogP contribution in [-0.4, -0.2) is 22.7 Å². The number of aromatic nitrogens is 1. The molecule has 2 rings (SSSR count). The zero-order valence-electron chi connectivity index (χ0n) is 12.3. The van der Waals surface area contributed by atoms with Crippen LogP contribution in [0, 0.1) is 6.92 Å². The van der Waals surface area contributed by atoms with Crippen LogP contribution in [0.2, 0.25) is 0 Å². The highest BCUT2D eigenvalue weighted by Gasteiger charge is 2.37. The summed E-state index contributed by atoms with van der Waals surface area (Å²) in [5.41, 5.74) is 0.563. The number of aryl methyl sites for hydroxylation is 1. The van der Waals surface area contributed by atoms with Crippen LogP contribution in [0.1, 0.15) is 61.0 Å². The van der Waals surface area contributed by atoms with Crippen molar-refractivity contribution in [2.75, 3.05) is 6.61 Å². The summed E-state index contributed by atoms with van der Waals surface area (Å²) in [4.78, 5) is 16.4. The number of hydrogen-bond donors (Lipinski definition) is 1. The van der Waals surface area contributed by atoms with Gasteiger partial charge in [-0.1, -0.05) is 25.7 Å². The van der Waals surface area contributed by atoms with Crippen molar-refractivity contribution in [1.82, 2.24) is 4.98 Å². The molecule has 1 aromatic rings. The zero-order chi connectivity index (χ0) is 14.6. The van der Waals surface area contributed by atoms with Gasteiger partial charge in [-0.15, -0.1) is 11.3 Å². The van der Waals surface area contributed by atoms with Crippen molar-refractivity contribution < 1.29 is 14.6 Å². The molecular formula is C15H23NO3S. The fourth-order valence-electron chi connectivity index (χ4n) is 2.92. The predicted octanol–water partition coefficient (Wildman–Crippen LogP) is 3.66. The number of carbonyl (C=O) groups is 1. The molecule has 4 nitrogen and oxygen atoms in total. The van der Waals surface area contributed by atoms with Crippen molar-refractivity contribution in [3.05, 3.63) is 15.6 Å². The Kier molecular flexibility index (Phi) is 5.16. The third-order valence-corrected chi connectivity index (χ3v) is 5.27. The second kappa shape index (κ2) is 6.68. The minimum Gasteiger partial charge on any atom is -0.481 e. The molecule has 1 heterocycles. The largest absolute Gasteiger partial charge is 0.481 e. The number of aliphatic carboxylic acids is 1. The fraction of sp³-hybridized carbons (Fsp3) is 0.733. The van der Waals surface area contributed by atoms with Crippen LogP contribution in [-0.2, 0) is 21.6 Å². The molecule has 1 saturated carbocycles. The van der Waals surface area contributed by atoms with Crippen molar-refractivity contribution in [3.63, 3.8) is 0 Å². The summed E-state index contributed by atoms with van der Waals surface area (Å²) < 4.78 is 6.11. The second-order valence-corrected chi connectivity index (χ2v) is 6.52. The standard InChI is InChI=1S/C15H23NO3S/c1-3-19-15(8-6-4-5-7-9-15)14-16-11(2)12(20-14)10-13(17)18/h3-10H2,1-2H3,(H,17,18). The van der Waals surface area contributed by atoms with Gasteiger partial charge in [-0.05, 0) is 26.7 Å². The van der Waals surface area contributed by atoms with E-state index in [1.807, 2.05) is 13.8 Å². The first-order valence-corrected chi connectivity index (χ1v) is 8.21. The van der Waals surface area contributed by atoms with Crippen molar-refractivity contribution in [3.8, 4) is 0 Å². The number of carboxylic acids is 1. The van der Waals surface area contributed by atoms with Crippen LogP contribution >= 0.6 is 11.3 Å². The molecule has 1 aromatic heterocycles. The van der Waals surface area contributed by atoms with Crippen LogP contribution in [0.3, 0.4) is 0 Å². The van der Waals surface area contributed by atoms with E-state index >= 15 is 0 Å². The molecule has 20 heavy (non-hydrogen) atoms. The van der Waals surface area contributed by atoms with Gasteiger partial charge in [-0.2, -0.15) is 0 Å². The molecule has 0 amide bonds. The predicted molar refractivity (Wildman–Crippen MR) is 79.2 cm³/mol. The SMILES string of the molecule is CCOC1(c2nc(C)c(CC(=O)O)s2)CCCCCC1. The maximum atomic E-state index is 10.9. The van der Waals surface area contributed by atoms with E-state index in [4.69, 9.17) is 9.84 Å². The molecule has 0 unspecified atom stereocenters. The number of nitrogens with zero attached hydrogens (tertiary/aromatic N) is 1. The Balaban J connectivity index is 2.30. The Morgan fingerprint density at radius 3 is 2.55 bits per heavy atom. The minimum atomic E-state index is -0.797. The highest BCUT2D eigenvalue weighted by Crippen LogP contribution is 2.42. The molecule has 0 spiro atoms. The lowest BCUT2D eigenvalue weighted by Gasteiger charge is -2.30. The minimum absolute atomic E-state index is 0.0612. The third-order valence-electron chi connectivity index (χ3n) is 3.93. The van der Waals surface area contributed by atoms with Gasteiger partial charge >= 0.3 is 5.97 Å². The maximum Gasteiger partial charge on any atom is 0.308 e. The van der Waals surface area contributed by atoms with Crippen molar-refractivity contribution in [2.45, 2.75) is 64.4 Å². The van der Waals surface area contributed by atoms with Gasteiger partial charge in [0.2, 0.25) is 0 Å². The monoisotopic (exact) mass is 297 g/mol. The molecular weight excluding hydrogens is 274 g/mol. The van der Waals surface area contributed by atoms with E-state index in [1.165, 1.54) is 24.2 Å². The first kappa shape index (κ1) is 15.4. The van der Waals surface area contributed by atoms with Gasteiger partial charge in [-0.25, -0.2) is 4.98 Å². The quantitative estimate of drug-likeness (QED) is 0.843. The Labute approximate surface area is 124 Å². The van der Waals surface area contributed by atoms with Crippen molar-refractivity contribution >= 4 is 17.3 Å². The van der Waals surface area contributed by atoms with Gasteiger partial charge in [0.1, 0.15) is 10.6 Å². The lowest BCUT2D eigenvalue weighted by molar-refractivity contribution is -0.136. The number of rotatable bonds is 5. The van der Waals surface area contributed by atoms with Crippen molar-refractivity contribution in [1.29, 1.82) is 0 Å². The fourth-order valence-corrected chi connectivity index (χ4v) is 4.17. The Hall–Kier alpha value is -0.940. The molecule has 0 aromatic carbocycles. The molecule has 0 radical (unpaired) electrons. The molecule has 0 saturated heterocycles. The number of ether oxygens (including phenoxy) is 1. The number of thiazole rings is 1. The first-order chi connectivity index (χ1) is 9.57. The van der Waals surface area contributed by atoms with E-state index in [0.717, 1.165) is 41.3 Å². The molecule has 1 fully saturated rings. The van der Waals surface area contributed by atoms with Gasteiger partial charge < -0.3 is 9.84 Å². The lowest BCUT2D eigenvalue weighted by Crippen LogP contribution is -2.29. The summed E-state index contributed by atoms with van der Waals surface area (Å²) in [5.74, 6) is -0.797. The Morgan fingerprint density at radius 1 is 1.35 bits per heavy atom. The average Bonchev–Trinajstić information content (AvgIpc) is 2.63. The van der Waals surface area contributed by atoms with Gasteiger partial charge in [0.05, 0.1) is 12.1 Å². The first-order valence-electron chi connectivity index (χ1n) is 7.40. The van der Waals surface area contributed by atoms with Crippen LogP contribution in [0.4, 0.5) is 0 Å². The van der Waals surface area contributed by atoms with E-state index in [0.29, 0.717) is 6.61 Å². The van der Waals surface area contributed by atoms with Gasteiger partial charge in [0.15, 0.2) is 0 Å². The summed E-state index contributed by atoms with van der Waals surface area (Å²) in [6.45, 7) is 4.59. The van der Waals surface area contributed by atoms with Gasteiger partial charge in [-0.3, -0.25) is 4.79 Å². The van der Waals surface area contributed by atoms with Crippen LogP contribution in [0.5, 0.6) is 0 Å². The molecule has 1 N–H and O–H groups in total. The van der Waals surface area contributed by atoms with Crippen LogP contribution in [0.25, 0.3) is 0 Å². The average molecular weight is 297 g/mol. The van der Waals surface area contributed by atoms with Gasteiger partial charge in [0.25, 0.3) is 0 Å². The van der Waals surface area contributed by atoms with Crippen molar-refractivity contribution in [2.24, 2.45) is 0 Å². The van der Waals surface area contributed by atoms with E-state index in [1.54, 1.807) is 0 Å². The molecule has 5 heteroatoms. The molecule has 1 aliphatic carbocycles. The highest BCUT2D eigenvalue weighted by molar-refractivity contribution is 7.12. The van der Waals surface area contributed by atoms with E-state index in [-0.39, 0.29) is 12.0 Å². The normalized spacial score (nSPS) is 18.7. The number of carboxylic acid groups (broad SMARTS) is 1. The maximum absolute atomic E-state index is 10.9. The Bertz CT molecular complexity index is 462. The van der Waals surface area contributed by atoms with Gasteiger partial charge in [0, 0.05) is 11.5 Å². The summed E-state index contributed by atoms with van der Waals surface area (Å²) in [6.07, 6.45) is 6.88. The van der Waals surface area contributed by atoms with E-state index in [2.05, 4.69) is 4.98 Å². The Morgan fingerprint density at radius 2 is 2.00 bits per heavy atom. The lowest BCUT2D eigenvalue weighted by atomic mass is 9.95. The third kappa shape index (κ3) is 3.38. The number of hydrogen-bond acceptors (Lipinski definition) is 4. The molecule has 1 aliphatic rings. The second-order valence-electron chi connectivity index (χ2n) is 5.44. The summed E-state index contributed by atoms with van der Waals surface area (Å²) in [7, 11) is 0. The summed E-state index contributed by atoms with van der Waals surface area (Å²) in [5, 5.41) is 9.95. The highest BCUT2D eigenvalue weighted by atomic mass is 32.1. The summed E-state index contributed by atoms with van der Waals surface area (Å²) in [6, 6.07) is 0. The molecule has 0 atom stereocenters. The van der Waals surface area contributed by atoms with E-state index in [9.17, 15) is 4.79 Å². The van der Waals surface area contributed by atoms with Crippen LogP contribution in [0.15, 0.2) is 0 Å². The molecule has 0 bridgehead atoms. The molecule has 0 aliphatic heterocycles. The van der Waals surface area contributed by atoms with E-state index < -0.39 is 5.97 Å². The summed E-state index contributed by atoms with van der Waals surface area (Å²) >= 11 is 1.53. The molecule has 112 valence electrons. The smallest absolute Gasteiger partial charge is 0.308 e.